The number of carbonyl (C=O) groups is 2. The fraction of sp³-hybridized carbons (Fsp3) is 0.545. The number of fused-ring (bicyclic) bond motifs is 3. The van der Waals surface area contributed by atoms with Gasteiger partial charge in [0, 0.05) is 29.4 Å². The van der Waals surface area contributed by atoms with Crippen LogP contribution in [-0.2, 0) is 26.2 Å². The number of aromatic amines is 1. The smallest absolute Gasteiger partial charge is 0.414 e. The molecular weight excluding hydrogens is 370 g/mol. The molecule has 0 bridgehead atoms. The number of nitrogens with zero attached hydrogens (tertiary/aromatic N) is 1. The number of carbonyl (C=O) groups excluding carboxylic acids is 2. The van der Waals surface area contributed by atoms with Gasteiger partial charge in [-0.15, -0.1) is 0 Å². The van der Waals surface area contributed by atoms with Gasteiger partial charge >= 0.3 is 12.1 Å². The average Bonchev–Trinajstić information content (AvgIpc) is 2.90. The summed E-state index contributed by atoms with van der Waals surface area (Å²) in [7, 11) is 0. The first-order valence-electron chi connectivity index (χ1n) is 9.97. The summed E-state index contributed by atoms with van der Waals surface area (Å²) in [6.07, 6.45) is 4.70. The van der Waals surface area contributed by atoms with Gasteiger partial charge < -0.3 is 19.8 Å². The van der Waals surface area contributed by atoms with Crippen LogP contribution in [0.5, 0.6) is 0 Å². The molecule has 0 atom stereocenters. The van der Waals surface area contributed by atoms with E-state index in [1.807, 2.05) is 33.0 Å². The highest BCUT2D eigenvalue weighted by Crippen LogP contribution is 2.40. The van der Waals surface area contributed by atoms with Crippen molar-refractivity contribution < 1.29 is 19.1 Å². The summed E-state index contributed by atoms with van der Waals surface area (Å²) in [6.45, 7) is 14.2. The predicted molar refractivity (Wildman–Crippen MR) is 112 cm³/mol. The van der Waals surface area contributed by atoms with Gasteiger partial charge in [-0.1, -0.05) is 13.8 Å². The van der Waals surface area contributed by atoms with Crippen LogP contribution in [0.15, 0.2) is 12.4 Å². The van der Waals surface area contributed by atoms with E-state index >= 15 is 0 Å². The predicted octanol–water partition coefficient (Wildman–Crippen LogP) is 3.91. The molecule has 0 spiro atoms. The lowest BCUT2D eigenvalue weighted by atomic mass is 9.80. The molecule has 29 heavy (non-hydrogen) atoms. The van der Waals surface area contributed by atoms with Crippen molar-refractivity contribution in [3.63, 3.8) is 0 Å². The molecule has 2 aliphatic heterocycles. The molecule has 158 valence electrons. The summed E-state index contributed by atoms with van der Waals surface area (Å²) in [5.41, 5.74) is 3.04. The highest BCUT2D eigenvalue weighted by atomic mass is 16.6. The summed E-state index contributed by atoms with van der Waals surface area (Å²) in [6, 6.07) is 0. The molecule has 1 aromatic rings. The molecule has 0 aromatic carbocycles. The highest BCUT2D eigenvalue weighted by molar-refractivity contribution is 6.17. The van der Waals surface area contributed by atoms with Gasteiger partial charge in [0.15, 0.2) is 0 Å². The van der Waals surface area contributed by atoms with Gasteiger partial charge in [0.05, 0.1) is 23.9 Å². The van der Waals surface area contributed by atoms with Gasteiger partial charge in [-0.25, -0.2) is 9.59 Å². The van der Waals surface area contributed by atoms with Crippen molar-refractivity contribution in [2.75, 3.05) is 6.54 Å². The van der Waals surface area contributed by atoms with Gasteiger partial charge in [-0.05, 0) is 52.5 Å². The highest BCUT2D eigenvalue weighted by Gasteiger charge is 2.39. The van der Waals surface area contributed by atoms with Crippen LogP contribution < -0.4 is 5.32 Å². The Hall–Kier alpha value is -2.70. The lowest BCUT2D eigenvalue weighted by molar-refractivity contribution is -0.140. The first kappa shape index (κ1) is 21.0. The molecule has 0 fully saturated rings. The lowest BCUT2D eigenvalue weighted by Crippen LogP contribution is -2.40. The Bertz CT molecular complexity index is 885. The minimum Gasteiger partial charge on any atom is -0.459 e. The van der Waals surface area contributed by atoms with Crippen LogP contribution in [0.3, 0.4) is 0 Å². The fourth-order valence-electron chi connectivity index (χ4n) is 3.74. The van der Waals surface area contributed by atoms with Crippen LogP contribution in [0.4, 0.5) is 4.79 Å². The zero-order valence-corrected chi connectivity index (χ0v) is 18.3. The van der Waals surface area contributed by atoms with E-state index in [0.29, 0.717) is 24.4 Å². The Morgan fingerprint density at radius 3 is 2.55 bits per heavy atom. The quantitative estimate of drug-likeness (QED) is 0.734. The molecule has 7 heteroatoms. The topological polar surface area (TPSA) is 83.7 Å². The van der Waals surface area contributed by atoms with Crippen LogP contribution in [0, 0.1) is 0 Å². The SMILES string of the molecule is CC(C)OC(=O)C1=CN(C(=O)OC(C)(C)C)CC(C)(C)c2c1[nH]c1c2C=CNC1. The maximum absolute atomic E-state index is 13.0. The van der Waals surface area contributed by atoms with Crippen LogP contribution >= 0.6 is 0 Å². The normalized spacial score (nSPS) is 17.7. The second kappa shape index (κ2) is 7.28. The Labute approximate surface area is 172 Å². The second-order valence-electron chi connectivity index (χ2n) is 9.47. The van der Waals surface area contributed by atoms with E-state index in [0.717, 1.165) is 16.8 Å². The molecular formula is C22H31N3O4. The largest absolute Gasteiger partial charge is 0.459 e. The number of rotatable bonds is 2. The van der Waals surface area contributed by atoms with Crippen LogP contribution in [-0.4, -0.2) is 40.2 Å². The molecule has 3 rings (SSSR count). The number of H-pyrrole nitrogens is 1. The molecule has 1 aromatic heterocycles. The van der Waals surface area contributed by atoms with Crippen molar-refractivity contribution in [3.8, 4) is 0 Å². The standard InChI is InChI=1S/C22H31N3O4/c1-13(2)28-19(26)15-11-25(20(27)29-21(3,4)5)12-22(6,7)17-14-8-9-23-10-16(14)24-18(15)17/h8-9,11,13,23-24H,10,12H2,1-7H3. The van der Waals surface area contributed by atoms with Gasteiger partial charge in [0.1, 0.15) is 5.60 Å². The summed E-state index contributed by atoms with van der Waals surface area (Å²) in [4.78, 5) is 30.7. The number of esters is 1. The molecule has 3 heterocycles. The van der Waals surface area contributed by atoms with Gasteiger partial charge in [-0.3, -0.25) is 4.90 Å². The third-order valence-corrected chi connectivity index (χ3v) is 4.75. The number of nitrogens with one attached hydrogen (secondary N) is 2. The fourth-order valence-corrected chi connectivity index (χ4v) is 3.74. The first-order chi connectivity index (χ1) is 13.4. The molecule has 0 saturated carbocycles. The first-order valence-corrected chi connectivity index (χ1v) is 9.97. The van der Waals surface area contributed by atoms with E-state index in [4.69, 9.17) is 9.47 Å². The zero-order valence-electron chi connectivity index (χ0n) is 18.3. The van der Waals surface area contributed by atoms with Crippen molar-refractivity contribution >= 4 is 23.7 Å². The summed E-state index contributed by atoms with van der Waals surface area (Å²) < 4.78 is 11.1. The maximum Gasteiger partial charge on any atom is 0.414 e. The van der Waals surface area contributed by atoms with E-state index in [2.05, 4.69) is 24.1 Å². The average molecular weight is 402 g/mol. The molecule has 0 aliphatic carbocycles. The molecule has 0 radical (unpaired) electrons. The molecule has 2 aliphatic rings. The maximum atomic E-state index is 13.0. The third-order valence-electron chi connectivity index (χ3n) is 4.75. The Balaban J connectivity index is 2.14. The van der Waals surface area contributed by atoms with Crippen molar-refractivity contribution in [1.82, 2.24) is 15.2 Å². The minimum atomic E-state index is -0.637. The zero-order chi connectivity index (χ0) is 21.6. The van der Waals surface area contributed by atoms with Gasteiger partial charge in [-0.2, -0.15) is 0 Å². The second-order valence-corrected chi connectivity index (χ2v) is 9.47. The number of hydrogen-bond donors (Lipinski definition) is 2. The lowest BCUT2D eigenvalue weighted by Gasteiger charge is -2.31. The van der Waals surface area contributed by atoms with Crippen molar-refractivity contribution in [3.05, 3.63) is 34.9 Å². The Kier molecular flexibility index (Phi) is 5.28. The summed E-state index contributed by atoms with van der Waals surface area (Å²) in [5.74, 6) is -0.469. The molecule has 7 nitrogen and oxygen atoms in total. The van der Waals surface area contributed by atoms with Gasteiger partial charge in [0.25, 0.3) is 0 Å². The van der Waals surface area contributed by atoms with E-state index in [1.54, 1.807) is 20.0 Å². The molecule has 1 amide bonds. The monoisotopic (exact) mass is 401 g/mol. The third kappa shape index (κ3) is 4.33. The van der Waals surface area contributed by atoms with Crippen LogP contribution in [0.2, 0.25) is 0 Å². The van der Waals surface area contributed by atoms with E-state index in [9.17, 15) is 9.59 Å². The molecule has 0 unspecified atom stereocenters. The Morgan fingerprint density at radius 2 is 1.93 bits per heavy atom. The molecule has 0 saturated heterocycles. The Morgan fingerprint density at radius 1 is 1.24 bits per heavy atom. The van der Waals surface area contributed by atoms with E-state index < -0.39 is 23.1 Å². The number of ether oxygens (including phenoxy) is 2. The van der Waals surface area contributed by atoms with Gasteiger partial charge in [0.2, 0.25) is 0 Å². The molecule has 2 N–H and O–H groups in total. The number of hydrogen-bond acceptors (Lipinski definition) is 5. The van der Waals surface area contributed by atoms with Crippen molar-refractivity contribution in [2.24, 2.45) is 0 Å². The summed E-state index contributed by atoms with van der Waals surface area (Å²) >= 11 is 0. The van der Waals surface area contributed by atoms with E-state index in [1.165, 1.54) is 4.90 Å². The van der Waals surface area contributed by atoms with Crippen LogP contribution in [0.25, 0.3) is 11.6 Å². The van der Waals surface area contributed by atoms with E-state index in [-0.39, 0.29) is 6.10 Å². The summed E-state index contributed by atoms with van der Waals surface area (Å²) in [5, 5.41) is 3.19. The number of aromatic nitrogens is 1. The van der Waals surface area contributed by atoms with Crippen LogP contribution in [0.1, 0.15) is 71.0 Å². The van der Waals surface area contributed by atoms with Crippen molar-refractivity contribution in [1.29, 1.82) is 0 Å². The minimum absolute atomic E-state index is 0.274. The number of amides is 1. The van der Waals surface area contributed by atoms with Crippen molar-refractivity contribution in [2.45, 2.75) is 72.1 Å².